The van der Waals surface area contributed by atoms with Crippen LogP contribution in [0.15, 0.2) is 48.5 Å². The number of nitrogens with zero attached hydrogens (tertiary/aromatic N) is 6. The Labute approximate surface area is 535 Å². The molecule has 24 heteroatoms. The summed E-state index contributed by atoms with van der Waals surface area (Å²) in [5, 5.41) is 5.59. The van der Waals surface area contributed by atoms with Crippen LogP contribution in [0.25, 0.3) is 22.1 Å². The fourth-order valence-corrected chi connectivity index (χ4v) is 14.0. The first-order valence-corrected chi connectivity index (χ1v) is 30.6. The number of hydrogen-bond acceptors (Lipinski definition) is 14. The summed E-state index contributed by atoms with van der Waals surface area (Å²) in [5.74, 6) is -8.42. The summed E-state index contributed by atoms with van der Waals surface area (Å²) in [7, 11) is 0. The number of para-hydroxylation sites is 4. The molecule has 88 heavy (non-hydrogen) atoms. The summed E-state index contributed by atoms with van der Waals surface area (Å²) >= 11 is 0. The van der Waals surface area contributed by atoms with E-state index < -0.39 is 125 Å². The Hall–Kier alpha value is -5.57. The minimum absolute atomic E-state index is 0. The molecule has 7 aliphatic rings. The van der Waals surface area contributed by atoms with Crippen LogP contribution in [0.4, 0.5) is 27.2 Å². The molecule has 3 saturated carbocycles. The number of halogens is 4. The molecule has 3 aliphatic carbocycles. The van der Waals surface area contributed by atoms with Gasteiger partial charge >= 0.3 is 12.2 Å². The summed E-state index contributed by atoms with van der Waals surface area (Å²) < 4.78 is 87.7. The summed E-state index contributed by atoms with van der Waals surface area (Å²) in [5.41, 5.74) is -1.87. The normalized spacial score (nSPS) is 32.5. The molecular formula is C64H80F4N8O10V2-2. The van der Waals surface area contributed by atoms with E-state index in [-0.39, 0.29) is 92.7 Å². The van der Waals surface area contributed by atoms with Crippen LogP contribution >= 0.6 is 0 Å². The van der Waals surface area contributed by atoms with Crippen LogP contribution < -0.4 is 20.1 Å². The largest absolute Gasteiger partial charge is 0.540 e. The Kier molecular flexibility index (Phi) is 20.7. The van der Waals surface area contributed by atoms with Crippen molar-refractivity contribution in [1.82, 2.24) is 40.4 Å². The Morgan fingerprint density at radius 2 is 0.989 bits per heavy atom. The molecule has 14 atom stereocenters. The van der Waals surface area contributed by atoms with Crippen molar-refractivity contribution in [2.75, 3.05) is 13.1 Å². The first-order chi connectivity index (χ1) is 40.6. The van der Waals surface area contributed by atoms with Gasteiger partial charge in [-0.1, -0.05) is 105 Å². The maximum absolute atomic E-state index is 15.9. The second kappa shape index (κ2) is 26.7. The molecule has 2 N–H and O–H groups in total. The maximum Gasteiger partial charge on any atom is 0.408 e. The fourth-order valence-electron chi connectivity index (χ4n) is 14.0. The van der Waals surface area contributed by atoms with Crippen molar-refractivity contribution in [3.63, 3.8) is 0 Å². The van der Waals surface area contributed by atoms with Gasteiger partial charge in [-0.15, -0.1) is 0 Å². The zero-order valence-electron chi connectivity index (χ0n) is 51.4. The number of carbonyl (C=O) groups excluding carboxylic acids is 6. The van der Waals surface area contributed by atoms with Gasteiger partial charge in [0.2, 0.25) is 23.6 Å². The van der Waals surface area contributed by atoms with Crippen molar-refractivity contribution < 1.29 is 102 Å². The number of carbonyl (C=O) groups is 4. The smallest absolute Gasteiger partial charge is 0.408 e. The monoisotopic (exact) mass is 1300 g/mol. The van der Waals surface area contributed by atoms with Crippen LogP contribution in [0.5, 0.6) is 11.8 Å². The van der Waals surface area contributed by atoms with E-state index in [9.17, 15) is 28.8 Å². The zero-order chi connectivity index (χ0) is 61.8. The maximum atomic E-state index is 15.9. The van der Waals surface area contributed by atoms with Crippen LogP contribution in [0.1, 0.15) is 157 Å². The van der Waals surface area contributed by atoms with Gasteiger partial charge in [0.05, 0.1) is 35.2 Å². The van der Waals surface area contributed by atoms with Crippen LogP contribution in [-0.2, 0) is 77.6 Å². The molecule has 5 fully saturated rings. The standard InChI is InChI=1S/C32H39F2N4O5.C32H41F2N4O5.2V/c1-17-23(16-39)38-15-25(17)42-28-26(35-21-10-5-6-11-22(21)36-28)32(33,34)12-8-7-9-19-20-13-18(20)14-24(19)43-30(41)37-27(29(38)40)31(2,3)4;1-19-23(18-39)38-17-24(19)42-27-25(35-21-13-6-7-14-22(21)36-27)32(33,34)16-9-8-11-20-12-10-15-31(20,5)43-29(41)37-26(28(38)40)30(2,3)4;;/h5-6,10-11,17-20,23-25,27H,7-9,12-15H2,1-4H3,(H,37,41);6-7,13-14,19-20,23-24,26H,8-12,15-17H2,1-5H3,(H,37,41);;/q2*-1;;/t17-,18?,19+,20?,23+,24+,25-,27+;19-,20+,23+,24-,26+,31+;;/m00../s1. The van der Waals surface area contributed by atoms with Crippen molar-refractivity contribution in [3.8, 4) is 11.8 Å². The molecule has 2 saturated heterocycles. The zero-order valence-corrected chi connectivity index (χ0v) is 54.2. The third-order valence-corrected chi connectivity index (χ3v) is 19.2. The minimum Gasteiger partial charge on any atom is -0.540 e. The predicted octanol–water partition coefficient (Wildman–Crippen LogP) is 10.9. The molecule has 2 aromatic heterocycles. The Bertz CT molecular complexity index is 3120. The number of alkyl halides is 4. The van der Waals surface area contributed by atoms with Gasteiger partial charge in [0.25, 0.3) is 11.8 Å². The van der Waals surface area contributed by atoms with Gasteiger partial charge in [0.1, 0.15) is 36.0 Å². The van der Waals surface area contributed by atoms with Crippen molar-refractivity contribution in [1.29, 1.82) is 0 Å². The van der Waals surface area contributed by atoms with Gasteiger partial charge in [0.15, 0.2) is 11.4 Å². The average Bonchev–Trinajstić information content (AvgIpc) is 1.56. The van der Waals surface area contributed by atoms with E-state index in [2.05, 4.69) is 30.6 Å². The van der Waals surface area contributed by atoms with Gasteiger partial charge < -0.3 is 49.0 Å². The second-order valence-electron chi connectivity index (χ2n) is 27.5. The van der Waals surface area contributed by atoms with Crippen LogP contribution in [0, 0.1) is 46.3 Å². The second-order valence-corrected chi connectivity index (χ2v) is 27.5. The van der Waals surface area contributed by atoms with Gasteiger partial charge in [-0.3, -0.25) is 9.59 Å². The number of ether oxygens (including phenoxy) is 4. The Balaban J connectivity index is 0.000000223. The van der Waals surface area contributed by atoms with E-state index in [4.69, 9.17) is 18.9 Å². The molecule has 11 rings (SSSR count). The van der Waals surface area contributed by atoms with E-state index in [1.165, 1.54) is 9.80 Å². The predicted molar refractivity (Wildman–Crippen MR) is 308 cm³/mol. The number of fused-ring (bicyclic) bond motifs is 12. The van der Waals surface area contributed by atoms with Crippen molar-refractivity contribution >= 4 is 58.6 Å². The van der Waals surface area contributed by atoms with Crippen molar-refractivity contribution in [2.45, 2.75) is 206 Å². The molecule has 4 aromatic rings. The van der Waals surface area contributed by atoms with Crippen LogP contribution in [0.3, 0.4) is 0 Å². The van der Waals surface area contributed by atoms with Crippen LogP contribution in [0.2, 0.25) is 0 Å². The van der Waals surface area contributed by atoms with E-state index in [1.807, 2.05) is 61.0 Å². The molecule has 4 amide bonds. The van der Waals surface area contributed by atoms with E-state index in [1.54, 1.807) is 62.4 Å². The average molecular weight is 1300 g/mol. The van der Waals surface area contributed by atoms with Gasteiger partial charge in [-0.05, 0) is 135 Å². The Morgan fingerprint density at radius 1 is 0.557 bits per heavy atom. The molecule has 476 valence electrons. The first-order valence-electron chi connectivity index (χ1n) is 30.6. The van der Waals surface area contributed by atoms with Gasteiger partial charge in [0, 0.05) is 50.0 Å². The fraction of sp³-hybridized carbons (Fsp3) is 0.656. The SMILES string of the molecule is C[C@@H]1[C@@H]2CN(C(=O)[C@H](C(C)(C)C)NC(=O)O[C@@H]3CC4CC4[C@H]3CCCCC(F)(F)c3nc4ccccc4nc3O2)[C@@H]1[C-]=O.C[C@@H]1[C@@H]2CN(C(=O)[C@H](C(C)(C)C)NC(=O)O[C@]3(C)CCC[C@H]3CCCCC(F)(F)c3nc4ccccc4nc3O2)[C@@H]1[C-]=O.[V].[V]. The number of hydrogen-bond donors (Lipinski definition) is 2. The molecule has 4 bridgehead atoms. The van der Waals surface area contributed by atoms with Crippen molar-refractivity contribution in [2.24, 2.45) is 46.3 Å². The summed E-state index contributed by atoms with van der Waals surface area (Å²) in [6, 6.07) is 9.45. The third kappa shape index (κ3) is 14.3. The molecule has 2 unspecified atom stereocenters. The number of nitrogens with one attached hydrogen (secondary N) is 2. The molecule has 2 aromatic carbocycles. The summed E-state index contributed by atoms with van der Waals surface area (Å²) in [4.78, 5) is 99.0. The van der Waals surface area contributed by atoms with Crippen molar-refractivity contribution in [3.05, 3.63) is 59.9 Å². The Morgan fingerprint density at radius 3 is 1.44 bits per heavy atom. The van der Waals surface area contributed by atoms with Gasteiger partial charge in [-0.25, -0.2) is 42.1 Å². The topological polar surface area (TPSA) is 221 Å². The summed E-state index contributed by atoms with van der Waals surface area (Å²) in [6.07, 6.45) is 6.59. The summed E-state index contributed by atoms with van der Waals surface area (Å²) in [6.45, 7) is 16.0. The van der Waals surface area contributed by atoms with E-state index in [0.29, 0.717) is 66.0 Å². The van der Waals surface area contributed by atoms with E-state index >= 15 is 17.6 Å². The first kappa shape index (κ1) is 68.3. The quantitative estimate of drug-likeness (QED) is 0.141. The number of rotatable bonds is 2. The molecule has 0 spiro atoms. The number of benzene rings is 2. The van der Waals surface area contributed by atoms with Gasteiger partial charge in [-0.2, -0.15) is 17.6 Å². The van der Waals surface area contributed by atoms with E-state index in [0.717, 1.165) is 25.7 Å². The molecule has 2 radical (unpaired) electrons. The molecule has 6 heterocycles. The molecule has 4 aliphatic heterocycles. The third-order valence-electron chi connectivity index (χ3n) is 19.2. The minimum atomic E-state index is -3.34. The number of amides is 4. The van der Waals surface area contributed by atoms with Crippen LogP contribution in [-0.4, -0.2) is 127 Å². The number of aromatic nitrogens is 4. The molecule has 18 nitrogen and oxygen atoms in total. The number of alkyl carbamates (subject to hydrolysis) is 2. The molecular weight excluding hydrogens is 1220 g/mol.